The molecular weight excluding hydrogens is 216 g/mol. The Bertz CT molecular complexity index is 347. The molecule has 17 heavy (non-hydrogen) atoms. The van der Waals surface area contributed by atoms with E-state index < -0.39 is 0 Å². The van der Waals surface area contributed by atoms with E-state index in [0.29, 0.717) is 23.9 Å². The van der Waals surface area contributed by atoms with Crippen LogP contribution in [-0.2, 0) is 6.42 Å². The number of benzene rings is 1. The lowest BCUT2D eigenvalue weighted by Gasteiger charge is -2.15. The Morgan fingerprint density at radius 2 is 1.76 bits per heavy atom. The number of methoxy groups -OCH3 is 2. The van der Waals surface area contributed by atoms with Crippen LogP contribution in [0.25, 0.3) is 0 Å². The zero-order valence-corrected chi connectivity index (χ0v) is 10.8. The lowest BCUT2D eigenvalue weighted by Crippen LogP contribution is -2.01. The fraction of sp³-hybridized carbons (Fsp3) is 0.429. The standard InChI is InChI=1S/C14H20O3/c1-5-7-11-9-12(15-3)14(17-8-6-2)13(10-11)16-4/h5,9-10H,1,6-8H2,2-4H3. The van der Waals surface area contributed by atoms with Crippen LogP contribution in [0.4, 0.5) is 0 Å². The van der Waals surface area contributed by atoms with Gasteiger partial charge in [-0.05, 0) is 30.5 Å². The molecule has 1 rings (SSSR count). The molecule has 3 nitrogen and oxygen atoms in total. The molecule has 0 heterocycles. The summed E-state index contributed by atoms with van der Waals surface area (Å²) in [6, 6.07) is 3.91. The van der Waals surface area contributed by atoms with Crippen molar-refractivity contribution in [1.29, 1.82) is 0 Å². The van der Waals surface area contributed by atoms with Crippen molar-refractivity contribution in [2.45, 2.75) is 19.8 Å². The maximum atomic E-state index is 5.66. The molecule has 0 bridgehead atoms. The minimum atomic E-state index is 0.646. The van der Waals surface area contributed by atoms with Crippen LogP contribution >= 0.6 is 0 Å². The number of hydrogen-bond donors (Lipinski definition) is 0. The molecule has 0 fully saturated rings. The number of hydrogen-bond acceptors (Lipinski definition) is 3. The van der Waals surface area contributed by atoms with Crippen molar-refractivity contribution in [3.63, 3.8) is 0 Å². The van der Waals surface area contributed by atoms with Gasteiger partial charge >= 0.3 is 0 Å². The molecule has 0 saturated carbocycles. The van der Waals surface area contributed by atoms with Gasteiger partial charge in [-0.1, -0.05) is 13.0 Å². The van der Waals surface area contributed by atoms with E-state index >= 15 is 0 Å². The summed E-state index contributed by atoms with van der Waals surface area (Å²) >= 11 is 0. The smallest absolute Gasteiger partial charge is 0.203 e. The van der Waals surface area contributed by atoms with Gasteiger partial charge in [0.25, 0.3) is 0 Å². The number of rotatable bonds is 7. The maximum absolute atomic E-state index is 5.66. The highest BCUT2D eigenvalue weighted by molar-refractivity contribution is 5.54. The molecule has 0 aliphatic carbocycles. The lowest BCUT2D eigenvalue weighted by atomic mass is 10.1. The SMILES string of the molecule is C=CCc1cc(OC)c(OCCC)c(OC)c1. The molecule has 0 aliphatic rings. The highest BCUT2D eigenvalue weighted by Crippen LogP contribution is 2.38. The van der Waals surface area contributed by atoms with Crippen LogP contribution in [-0.4, -0.2) is 20.8 Å². The Morgan fingerprint density at radius 3 is 2.18 bits per heavy atom. The third-order valence-corrected chi connectivity index (χ3v) is 2.35. The Kier molecular flexibility index (Phi) is 5.40. The predicted molar refractivity (Wildman–Crippen MR) is 69.2 cm³/mol. The summed E-state index contributed by atoms with van der Waals surface area (Å²) in [5.74, 6) is 2.08. The maximum Gasteiger partial charge on any atom is 0.203 e. The zero-order valence-electron chi connectivity index (χ0n) is 10.8. The van der Waals surface area contributed by atoms with Gasteiger partial charge in [-0.15, -0.1) is 6.58 Å². The van der Waals surface area contributed by atoms with Crippen LogP contribution < -0.4 is 14.2 Å². The van der Waals surface area contributed by atoms with Crippen molar-refractivity contribution >= 4 is 0 Å². The van der Waals surface area contributed by atoms with Gasteiger partial charge in [-0.3, -0.25) is 0 Å². The van der Waals surface area contributed by atoms with Gasteiger partial charge in [0.1, 0.15) is 0 Å². The second kappa shape index (κ2) is 6.84. The lowest BCUT2D eigenvalue weighted by molar-refractivity contribution is 0.274. The van der Waals surface area contributed by atoms with Crippen LogP contribution in [0.3, 0.4) is 0 Å². The van der Waals surface area contributed by atoms with E-state index in [4.69, 9.17) is 14.2 Å². The van der Waals surface area contributed by atoms with E-state index in [1.165, 1.54) is 0 Å². The van der Waals surface area contributed by atoms with Crippen molar-refractivity contribution in [2.24, 2.45) is 0 Å². The van der Waals surface area contributed by atoms with Crippen molar-refractivity contribution in [2.75, 3.05) is 20.8 Å². The van der Waals surface area contributed by atoms with Gasteiger partial charge in [-0.25, -0.2) is 0 Å². The van der Waals surface area contributed by atoms with E-state index in [1.54, 1.807) is 14.2 Å². The molecular formula is C14H20O3. The zero-order chi connectivity index (χ0) is 12.7. The van der Waals surface area contributed by atoms with Crippen molar-refractivity contribution in [3.8, 4) is 17.2 Å². The van der Waals surface area contributed by atoms with E-state index in [2.05, 4.69) is 13.5 Å². The quantitative estimate of drug-likeness (QED) is 0.680. The summed E-state index contributed by atoms with van der Waals surface area (Å²) in [5, 5.41) is 0. The summed E-state index contributed by atoms with van der Waals surface area (Å²) in [6.07, 6.45) is 3.57. The predicted octanol–water partition coefficient (Wildman–Crippen LogP) is 3.22. The summed E-state index contributed by atoms with van der Waals surface area (Å²) < 4.78 is 16.3. The van der Waals surface area contributed by atoms with E-state index in [0.717, 1.165) is 18.4 Å². The molecule has 0 N–H and O–H groups in total. The normalized spacial score (nSPS) is 9.82. The van der Waals surface area contributed by atoms with Gasteiger partial charge in [0.2, 0.25) is 5.75 Å². The third-order valence-electron chi connectivity index (χ3n) is 2.35. The molecule has 0 radical (unpaired) electrons. The topological polar surface area (TPSA) is 27.7 Å². The molecule has 0 aromatic heterocycles. The average molecular weight is 236 g/mol. The van der Waals surface area contributed by atoms with E-state index in [1.807, 2.05) is 18.2 Å². The van der Waals surface area contributed by atoms with Gasteiger partial charge in [0.15, 0.2) is 11.5 Å². The van der Waals surface area contributed by atoms with E-state index in [9.17, 15) is 0 Å². The van der Waals surface area contributed by atoms with Gasteiger partial charge in [0.05, 0.1) is 20.8 Å². The summed E-state index contributed by atoms with van der Waals surface area (Å²) in [6.45, 7) is 6.43. The number of ether oxygens (including phenoxy) is 3. The van der Waals surface area contributed by atoms with Crippen LogP contribution in [0, 0.1) is 0 Å². The molecule has 0 spiro atoms. The summed E-state index contributed by atoms with van der Waals surface area (Å²) in [5.41, 5.74) is 1.09. The first-order chi connectivity index (χ1) is 8.26. The summed E-state index contributed by atoms with van der Waals surface area (Å²) in [7, 11) is 3.26. The Hall–Kier alpha value is -1.64. The molecule has 0 saturated heterocycles. The van der Waals surface area contributed by atoms with Crippen molar-refractivity contribution < 1.29 is 14.2 Å². The first-order valence-electron chi connectivity index (χ1n) is 5.75. The molecule has 3 heteroatoms. The van der Waals surface area contributed by atoms with Crippen LogP contribution in [0.2, 0.25) is 0 Å². The second-order valence-corrected chi connectivity index (χ2v) is 3.67. The minimum absolute atomic E-state index is 0.646. The van der Waals surface area contributed by atoms with Crippen molar-refractivity contribution in [1.82, 2.24) is 0 Å². The number of allylic oxidation sites excluding steroid dienone is 1. The minimum Gasteiger partial charge on any atom is -0.493 e. The highest BCUT2D eigenvalue weighted by atomic mass is 16.5. The fourth-order valence-electron chi connectivity index (χ4n) is 1.57. The molecule has 0 aliphatic heterocycles. The molecule has 0 amide bonds. The largest absolute Gasteiger partial charge is 0.493 e. The Labute approximate surface area is 103 Å². The first-order valence-corrected chi connectivity index (χ1v) is 5.75. The molecule has 1 aromatic rings. The molecule has 94 valence electrons. The fourth-order valence-corrected chi connectivity index (χ4v) is 1.57. The highest BCUT2D eigenvalue weighted by Gasteiger charge is 2.13. The molecule has 0 atom stereocenters. The van der Waals surface area contributed by atoms with E-state index in [-0.39, 0.29) is 0 Å². The Morgan fingerprint density at radius 1 is 1.18 bits per heavy atom. The van der Waals surface area contributed by atoms with Gasteiger partial charge < -0.3 is 14.2 Å². The van der Waals surface area contributed by atoms with Gasteiger partial charge in [0, 0.05) is 0 Å². The third kappa shape index (κ3) is 3.41. The average Bonchev–Trinajstić information content (AvgIpc) is 2.36. The monoisotopic (exact) mass is 236 g/mol. The molecule has 1 aromatic carbocycles. The molecule has 0 unspecified atom stereocenters. The van der Waals surface area contributed by atoms with Crippen LogP contribution in [0.1, 0.15) is 18.9 Å². The first kappa shape index (κ1) is 13.4. The van der Waals surface area contributed by atoms with Crippen LogP contribution in [0.15, 0.2) is 24.8 Å². The Balaban J connectivity index is 3.11. The second-order valence-electron chi connectivity index (χ2n) is 3.67. The van der Waals surface area contributed by atoms with Crippen LogP contribution in [0.5, 0.6) is 17.2 Å². The van der Waals surface area contributed by atoms with Crippen molar-refractivity contribution in [3.05, 3.63) is 30.4 Å². The van der Waals surface area contributed by atoms with Gasteiger partial charge in [-0.2, -0.15) is 0 Å². The summed E-state index contributed by atoms with van der Waals surface area (Å²) in [4.78, 5) is 0.